The summed E-state index contributed by atoms with van der Waals surface area (Å²) in [5.74, 6) is 0.0473. The van der Waals surface area contributed by atoms with Gasteiger partial charge in [-0.15, -0.1) is 11.3 Å². The molecule has 4 heterocycles. The average molecular weight is 446 g/mol. The molecule has 0 aliphatic carbocycles. The molecule has 8 nitrogen and oxygen atoms in total. The number of anilines is 1. The van der Waals surface area contributed by atoms with Crippen LogP contribution in [0, 0.1) is 6.92 Å². The van der Waals surface area contributed by atoms with Crippen molar-refractivity contribution >= 4 is 34.5 Å². The van der Waals surface area contributed by atoms with Crippen LogP contribution >= 0.6 is 11.3 Å². The van der Waals surface area contributed by atoms with Crippen LogP contribution in [0.3, 0.4) is 0 Å². The molecule has 1 atom stereocenters. The number of nitrogens with one attached hydrogen (secondary N) is 1. The van der Waals surface area contributed by atoms with E-state index in [0.717, 1.165) is 4.88 Å². The Morgan fingerprint density at radius 2 is 2.06 bits per heavy atom. The maximum Gasteiger partial charge on any atom is 0.348 e. The normalized spacial score (nSPS) is 15.2. The molecule has 0 unspecified atom stereocenters. The Bertz CT molecular complexity index is 1390. The van der Waals surface area contributed by atoms with E-state index >= 15 is 0 Å². The van der Waals surface area contributed by atoms with Gasteiger partial charge in [0.2, 0.25) is 0 Å². The van der Waals surface area contributed by atoms with E-state index in [1.54, 1.807) is 35.1 Å². The fourth-order valence-corrected chi connectivity index (χ4v) is 4.55. The minimum atomic E-state index is -0.672. The number of aromatic nitrogens is 2. The van der Waals surface area contributed by atoms with E-state index in [2.05, 4.69) is 15.4 Å². The second kappa shape index (κ2) is 7.93. The lowest BCUT2D eigenvalue weighted by Crippen LogP contribution is -2.25. The van der Waals surface area contributed by atoms with Crippen LogP contribution in [0.2, 0.25) is 0 Å². The number of carbonyl (C=O) groups is 1. The Balaban J connectivity index is 1.63. The van der Waals surface area contributed by atoms with Gasteiger partial charge in [-0.1, -0.05) is 24.3 Å². The fourth-order valence-electron chi connectivity index (χ4n) is 3.74. The van der Waals surface area contributed by atoms with Crippen LogP contribution in [0.5, 0.6) is 5.75 Å². The molecule has 0 fully saturated rings. The van der Waals surface area contributed by atoms with Crippen LogP contribution in [0.15, 0.2) is 74.3 Å². The van der Waals surface area contributed by atoms with Gasteiger partial charge in [0.1, 0.15) is 22.6 Å². The number of rotatable bonds is 4. The van der Waals surface area contributed by atoms with Gasteiger partial charge in [0.05, 0.1) is 18.0 Å². The third kappa shape index (κ3) is 3.52. The molecule has 3 aromatic heterocycles. The molecule has 9 heteroatoms. The minimum absolute atomic E-state index is 0.000904. The van der Waals surface area contributed by atoms with Gasteiger partial charge in [0, 0.05) is 23.1 Å². The molecular formula is C23H18N4O4S. The molecule has 0 saturated carbocycles. The van der Waals surface area contributed by atoms with Crippen molar-refractivity contribution in [3.8, 4) is 5.75 Å². The monoisotopic (exact) mass is 446 g/mol. The number of aromatic hydroxyl groups is 1. The molecule has 160 valence electrons. The Kier molecular flexibility index (Phi) is 4.95. The van der Waals surface area contributed by atoms with Crippen molar-refractivity contribution in [3.05, 3.63) is 92.3 Å². The topological polar surface area (TPSA) is 110 Å². The average Bonchev–Trinajstić information content (AvgIpc) is 3.43. The van der Waals surface area contributed by atoms with Crippen molar-refractivity contribution < 1.29 is 14.3 Å². The highest BCUT2D eigenvalue weighted by molar-refractivity contribution is 7.10. The van der Waals surface area contributed by atoms with E-state index < -0.39 is 5.63 Å². The number of thiophene rings is 1. The van der Waals surface area contributed by atoms with Gasteiger partial charge in [-0.25, -0.2) is 14.5 Å². The number of fused-ring (bicyclic) bond motifs is 1. The summed E-state index contributed by atoms with van der Waals surface area (Å²) in [6, 6.07) is 14.1. The van der Waals surface area contributed by atoms with Gasteiger partial charge in [0.25, 0.3) is 5.91 Å². The second-order valence-electron chi connectivity index (χ2n) is 7.35. The Labute approximate surface area is 186 Å². The number of amides is 1. The molecule has 4 aromatic rings. The van der Waals surface area contributed by atoms with Crippen molar-refractivity contribution in [2.75, 3.05) is 5.32 Å². The van der Waals surface area contributed by atoms with Crippen LogP contribution in [0.25, 0.3) is 0 Å². The summed E-state index contributed by atoms with van der Waals surface area (Å²) in [6.45, 7) is 1.59. The molecule has 1 amide bonds. The number of hydrogen-bond donors (Lipinski definition) is 2. The van der Waals surface area contributed by atoms with Gasteiger partial charge < -0.3 is 14.8 Å². The van der Waals surface area contributed by atoms with Crippen molar-refractivity contribution in [3.63, 3.8) is 0 Å². The standard InChI is InChI=1S/C23H18N4O4S/c1-13-10-18(28)20(23(30)31-13)16-11-17(19-8-5-9-32-19)27-21(26-16)15(12-24-27)22(29)25-14-6-3-2-4-7-14/h2-10,12,17,28H,11H2,1H3,(H,25,29)/t17-/m0/s1. The third-order valence-electron chi connectivity index (χ3n) is 5.18. The van der Waals surface area contributed by atoms with E-state index in [9.17, 15) is 14.7 Å². The molecule has 0 bridgehead atoms. The first kappa shape index (κ1) is 20.0. The first-order chi connectivity index (χ1) is 15.5. The number of aliphatic imine (C=N–C) groups is 1. The molecule has 0 spiro atoms. The molecule has 1 aliphatic heterocycles. The first-order valence-corrected chi connectivity index (χ1v) is 10.8. The van der Waals surface area contributed by atoms with Crippen molar-refractivity contribution in [1.82, 2.24) is 9.78 Å². The predicted octanol–water partition coefficient (Wildman–Crippen LogP) is 4.28. The van der Waals surface area contributed by atoms with E-state index in [1.807, 2.05) is 35.7 Å². The van der Waals surface area contributed by atoms with E-state index in [-0.39, 0.29) is 28.8 Å². The van der Waals surface area contributed by atoms with Crippen molar-refractivity contribution in [2.45, 2.75) is 19.4 Å². The number of nitrogens with zero attached hydrogens (tertiary/aromatic N) is 3. The number of para-hydroxylation sites is 1. The predicted molar refractivity (Wildman–Crippen MR) is 121 cm³/mol. The molecule has 0 radical (unpaired) electrons. The number of aryl methyl sites for hydroxylation is 1. The van der Waals surface area contributed by atoms with Crippen molar-refractivity contribution in [1.29, 1.82) is 0 Å². The fraction of sp³-hybridized carbons (Fsp3) is 0.130. The molecule has 0 saturated heterocycles. The quantitative estimate of drug-likeness (QED) is 0.486. The number of benzene rings is 1. The lowest BCUT2D eigenvalue weighted by atomic mass is 10.00. The Morgan fingerprint density at radius 1 is 1.25 bits per heavy atom. The maximum atomic E-state index is 13.0. The van der Waals surface area contributed by atoms with Crippen LogP contribution in [-0.4, -0.2) is 26.5 Å². The van der Waals surface area contributed by atoms with Crippen LogP contribution < -0.4 is 10.9 Å². The summed E-state index contributed by atoms with van der Waals surface area (Å²) in [6.07, 6.45) is 1.79. The zero-order valence-corrected chi connectivity index (χ0v) is 17.8. The molecular weight excluding hydrogens is 428 g/mol. The largest absolute Gasteiger partial charge is 0.507 e. The number of hydrogen-bond acceptors (Lipinski definition) is 7. The lowest BCUT2D eigenvalue weighted by molar-refractivity contribution is 0.102. The van der Waals surface area contributed by atoms with E-state index in [0.29, 0.717) is 29.4 Å². The summed E-state index contributed by atoms with van der Waals surface area (Å²) in [4.78, 5) is 31.1. The Morgan fingerprint density at radius 3 is 2.78 bits per heavy atom. The second-order valence-corrected chi connectivity index (χ2v) is 8.32. The highest BCUT2D eigenvalue weighted by atomic mass is 32.1. The molecule has 1 aromatic carbocycles. The zero-order chi connectivity index (χ0) is 22.2. The van der Waals surface area contributed by atoms with Gasteiger partial charge in [-0.3, -0.25) is 4.79 Å². The smallest absolute Gasteiger partial charge is 0.348 e. The van der Waals surface area contributed by atoms with Gasteiger partial charge in [-0.05, 0) is 30.5 Å². The summed E-state index contributed by atoms with van der Waals surface area (Å²) in [5, 5.41) is 19.7. The highest BCUT2D eigenvalue weighted by Crippen LogP contribution is 2.38. The van der Waals surface area contributed by atoms with E-state index in [1.165, 1.54) is 12.3 Å². The van der Waals surface area contributed by atoms with Crippen LogP contribution in [0.1, 0.15) is 39.0 Å². The molecule has 32 heavy (non-hydrogen) atoms. The zero-order valence-electron chi connectivity index (χ0n) is 17.0. The summed E-state index contributed by atoms with van der Waals surface area (Å²) in [7, 11) is 0. The van der Waals surface area contributed by atoms with Gasteiger partial charge in [0.15, 0.2) is 5.82 Å². The molecule has 2 N–H and O–H groups in total. The molecule has 1 aliphatic rings. The summed E-state index contributed by atoms with van der Waals surface area (Å²) < 4.78 is 6.88. The minimum Gasteiger partial charge on any atom is -0.507 e. The highest BCUT2D eigenvalue weighted by Gasteiger charge is 2.32. The van der Waals surface area contributed by atoms with Crippen molar-refractivity contribution in [2.24, 2.45) is 4.99 Å². The van der Waals surface area contributed by atoms with Gasteiger partial charge >= 0.3 is 5.63 Å². The third-order valence-corrected chi connectivity index (χ3v) is 6.16. The number of carbonyl (C=O) groups excluding carboxylic acids is 1. The maximum absolute atomic E-state index is 13.0. The van der Waals surface area contributed by atoms with Crippen LogP contribution in [0.4, 0.5) is 11.5 Å². The van der Waals surface area contributed by atoms with Crippen LogP contribution in [-0.2, 0) is 0 Å². The summed E-state index contributed by atoms with van der Waals surface area (Å²) in [5.41, 5.74) is 0.581. The van der Waals surface area contributed by atoms with Gasteiger partial charge in [-0.2, -0.15) is 5.10 Å². The SMILES string of the molecule is Cc1cc(O)c(C2=Nc3c(C(=O)Nc4ccccc4)cnn3[C@H](c3cccs3)C2)c(=O)o1. The molecule has 5 rings (SSSR count). The van der Waals surface area contributed by atoms with E-state index in [4.69, 9.17) is 4.42 Å². The Hall–Kier alpha value is -3.98. The lowest BCUT2D eigenvalue weighted by Gasteiger charge is -2.24. The first-order valence-electron chi connectivity index (χ1n) is 9.90. The summed E-state index contributed by atoms with van der Waals surface area (Å²) >= 11 is 1.54.